The van der Waals surface area contributed by atoms with E-state index in [4.69, 9.17) is 4.74 Å². The average Bonchev–Trinajstić information content (AvgIpc) is 2.64. The molecule has 0 saturated carbocycles. The van der Waals surface area contributed by atoms with Crippen LogP contribution in [0.3, 0.4) is 0 Å². The van der Waals surface area contributed by atoms with Crippen molar-refractivity contribution in [3.05, 3.63) is 65.7 Å². The second kappa shape index (κ2) is 9.93. The third-order valence-corrected chi connectivity index (χ3v) is 4.10. The lowest BCUT2D eigenvalue weighted by Gasteiger charge is -2.30. The maximum atomic E-state index is 13.0. The number of hydrogen-bond donors (Lipinski definition) is 2. The molecule has 134 valence electrons. The smallest absolute Gasteiger partial charge is 0.158 e. The van der Waals surface area contributed by atoms with Gasteiger partial charge in [0.1, 0.15) is 5.75 Å². The fourth-order valence-electron chi connectivity index (χ4n) is 2.91. The first kappa shape index (κ1) is 19.1. The zero-order chi connectivity index (χ0) is 18.1. The standard InChI is InChI=1S/C20H25NO4/c1-25-18-9-7-17(8-10-18)20(21(11-13-22)12-14-23)19(24)15-16-5-3-2-4-6-16/h2-10,20,22-23H,11-15H2,1H3/t20-/m1/s1. The Hall–Kier alpha value is -2.21. The lowest BCUT2D eigenvalue weighted by molar-refractivity contribution is -0.124. The highest BCUT2D eigenvalue weighted by atomic mass is 16.5. The van der Waals surface area contributed by atoms with E-state index in [-0.39, 0.29) is 19.0 Å². The van der Waals surface area contributed by atoms with Gasteiger partial charge in [-0.05, 0) is 23.3 Å². The predicted octanol–water partition coefficient (Wildman–Crippen LogP) is 1.83. The Morgan fingerprint density at radius 1 is 1.00 bits per heavy atom. The molecule has 0 fully saturated rings. The van der Waals surface area contributed by atoms with E-state index in [1.807, 2.05) is 59.5 Å². The Balaban J connectivity index is 2.30. The van der Waals surface area contributed by atoms with Crippen molar-refractivity contribution in [3.8, 4) is 5.75 Å². The van der Waals surface area contributed by atoms with Gasteiger partial charge in [0.05, 0.1) is 26.4 Å². The molecule has 0 radical (unpaired) electrons. The molecule has 0 unspecified atom stereocenters. The lowest BCUT2D eigenvalue weighted by Crippen LogP contribution is -2.38. The van der Waals surface area contributed by atoms with Crippen LogP contribution in [0, 0.1) is 0 Å². The number of carbonyl (C=O) groups excluding carboxylic acids is 1. The summed E-state index contributed by atoms with van der Waals surface area (Å²) in [4.78, 5) is 14.8. The maximum Gasteiger partial charge on any atom is 0.158 e. The van der Waals surface area contributed by atoms with Crippen LogP contribution in [0.5, 0.6) is 5.75 Å². The van der Waals surface area contributed by atoms with Gasteiger partial charge in [-0.15, -0.1) is 0 Å². The second-order valence-electron chi connectivity index (χ2n) is 5.79. The molecule has 0 spiro atoms. The van der Waals surface area contributed by atoms with Gasteiger partial charge in [-0.2, -0.15) is 0 Å². The van der Waals surface area contributed by atoms with Crippen LogP contribution in [-0.2, 0) is 11.2 Å². The van der Waals surface area contributed by atoms with Gasteiger partial charge >= 0.3 is 0 Å². The van der Waals surface area contributed by atoms with Gasteiger partial charge in [0.2, 0.25) is 0 Å². The van der Waals surface area contributed by atoms with E-state index in [9.17, 15) is 15.0 Å². The number of aliphatic hydroxyl groups is 2. The van der Waals surface area contributed by atoms with E-state index in [1.54, 1.807) is 7.11 Å². The third-order valence-electron chi connectivity index (χ3n) is 4.10. The molecule has 5 nitrogen and oxygen atoms in total. The highest BCUT2D eigenvalue weighted by molar-refractivity contribution is 5.87. The minimum Gasteiger partial charge on any atom is -0.497 e. The van der Waals surface area contributed by atoms with Gasteiger partial charge in [0, 0.05) is 19.5 Å². The van der Waals surface area contributed by atoms with Crippen molar-refractivity contribution >= 4 is 5.78 Å². The quantitative estimate of drug-likeness (QED) is 0.689. The number of hydrogen-bond acceptors (Lipinski definition) is 5. The van der Waals surface area contributed by atoms with Crippen molar-refractivity contribution in [1.29, 1.82) is 0 Å². The van der Waals surface area contributed by atoms with Crippen LogP contribution in [0.2, 0.25) is 0 Å². The molecule has 0 amide bonds. The van der Waals surface area contributed by atoms with Crippen molar-refractivity contribution in [1.82, 2.24) is 4.90 Å². The molecule has 0 aliphatic carbocycles. The van der Waals surface area contributed by atoms with Crippen LogP contribution in [0.25, 0.3) is 0 Å². The summed E-state index contributed by atoms with van der Waals surface area (Å²) in [7, 11) is 1.59. The molecule has 0 saturated heterocycles. The fourth-order valence-corrected chi connectivity index (χ4v) is 2.91. The largest absolute Gasteiger partial charge is 0.497 e. The summed E-state index contributed by atoms with van der Waals surface area (Å²) in [5.74, 6) is 0.743. The summed E-state index contributed by atoms with van der Waals surface area (Å²) in [6.07, 6.45) is 0.297. The van der Waals surface area contributed by atoms with Crippen LogP contribution in [0.15, 0.2) is 54.6 Å². The molecular formula is C20H25NO4. The molecule has 0 aromatic heterocycles. The van der Waals surface area contributed by atoms with Gasteiger partial charge in [0.25, 0.3) is 0 Å². The maximum absolute atomic E-state index is 13.0. The van der Waals surface area contributed by atoms with E-state index >= 15 is 0 Å². The molecule has 25 heavy (non-hydrogen) atoms. The molecule has 5 heteroatoms. The predicted molar refractivity (Wildman–Crippen MR) is 96.6 cm³/mol. The summed E-state index contributed by atoms with van der Waals surface area (Å²) in [5, 5.41) is 18.7. The van der Waals surface area contributed by atoms with E-state index in [0.29, 0.717) is 25.3 Å². The first-order valence-electron chi connectivity index (χ1n) is 8.36. The van der Waals surface area contributed by atoms with Crippen molar-refractivity contribution < 1.29 is 19.7 Å². The average molecular weight is 343 g/mol. The van der Waals surface area contributed by atoms with Crippen molar-refractivity contribution in [2.24, 2.45) is 0 Å². The number of aliphatic hydroxyl groups excluding tert-OH is 2. The first-order valence-corrected chi connectivity index (χ1v) is 8.36. The Morgan fingerprint density at radius 3 is 2.12 bits per heavy atom. The Labute approximate surface area is 148 Å². The second-order valence-corrected chi connectivity index (χ2v) is 5.79. The zero-order valence-electron chi connectivity index (χ0n) is 14.5. The molecule has 0 aliphatic heterocycles. The van der Waals surface area contributed by atoms with Gasteiger partial charge in [-0.25, -0.2) is 0 Å². The lowest BCUT2D eigenvalue weighted by atomic mass is 9.96. The summed E-state index contributed by atoms with van der Waals surface area (Å²) in [6, 6.07) is 16.4. The van der Waals surface area contributed by atoms with E-state index < -0.39 is 6.04 Å². The van der Waals surface area contributed by atoms with Gasteiger partial charge in [0.15, 0.2) is 5.78 Å². The number of rotatable bonds is 10. The Kier molecular flexibility index (Phi) is 7.60. The number of carbonyl (C=O) groups is 1. The van der Waals surface area contributed by atoms with Crippen LogP contribution in [0.4, 0.5) is 0 Å². The number of methoxy groups -OCH3 is 1. The van der Waals surface area contributed by atoms with Crippen molar-refractivity contribution in [2.75, 3.05) is 33.4 Å². The number of Topliss-reactive ketones (excluding diaryl/α,β-unsaturated/α-hetero) is 1. The minimum absolute atomic E-state index is 0.0262. The Bertz CT molecular complexity index is 637. The summed E-state index contributed by atoms with van der Waals surface area (Å²) in [6.45, 7) is 0.478. The normalized spacial score (nSPS) is 12.2. The fraction of sp³-hybridized carbons (Fsp3) is 0.350. The molecule has 2 aromatic carbocycles. The van der Waals surface area contributed by atoms with Crippen molar-refractivity contribution in [2.45, 2.75) is 12.5 Å². The van der Waals surface area contributed by atoms with Gasteiger partial charge in [-0.1, -0.05) is 42.5 Å². The summed E-state index contributed by atoms with van der Waals surface area (Å²) >= 11 is 0. The SMILES string of the molecule is COc1ccc([C@H](C(=O)Cc2ccccc2)N(CCO)CCO)cc1. The topological polar surface area (TPSA) is 70.0 Å². The molecule has 0 bridgehead atoms. The molecule has 0 heterocycles. The number of nitrogens with zero attached hydrogens (tertiary/aromatic N) is 1. The monoisotopic (exact) mass is 343 g/mol. The van der Waals surface area contributed by atoms with Gasteiger partial charge in [-0.3, -0.25) is 9.69 Å². The molecule has 2 aromatic rings. The number of benzene rings is 2. The number of ether oxygens (including phenoxy) is 1. The molecule has 0 aliphatic rings. The molecule has 1 atom stereocenters. The van der Waals surface area contributed by atoms with Gasteiger partial charge < -0.3 is 14.9 Å². The summed E-state index contributed by atoms with van der Waals surface area (Å²) in [5.41, 5.74) is 1.77. The highest BCUT2D eigenvalue weighted by Gasteiger charge is 2.27. The number of ketones is 1. The van der Waals surface area contributed by atoms with E-state index in [0.717, 1.165) is 11.1 Å². The van der Waals surface area contributed by atoms with Crippen LogP contribution >= 0.6 is 0 Å². The Morgan fingerprint density at radius 2 is 1.60 bits per heavy atom. The van der Waals surface area contributed by atoms with Crippen LogP contribution in [0.1, 0.15) is 17.2 Å². The molecular weight excluding hydrogens is 318 g/mol. The molecule has 2 N–H and O–H groups in total. The summed E-state index contributed by atoms with van der Waals surface area (Å²) < 4.78 is 5.18. The molecule has 2 rings (SSSR count). The zero-order valence-corrected chi connectivity index (χ0v) is 14.5. The third kappa shape index (κ3) is 5.39. The van der Waals surface area contributed by atoms with Crippen molar-refractivity contribution in [3.63, 3.8) is 0 Å². The van der Waals surface area contributed by atoms with E-state index in [1.165, 1.54) is 0 Å². The minimum atomic E-state index is -0.523. The van der Waals surface area contributed by atoms with Crippen LogP contribution in [-0.4, -0.2) is 54.3 Å². The highest BCUT2D eigenvalue weighted by Crippen LogP contribution is 2.25. The van der Waals surface area contributed by atoms with Crippen LogP contribution < -0.4 is 4.74 Å². The first-order chi connectivity index (χ1) is 12.2. The van der Waals surface area contributed by atoms with E-state index in [2.05, 4.69) is 0 Å².